The summed E-state index contributed by atoms with van der Waals surface area (Å²) in [7, 11) is 0. The molecule has 0 aromatic heterocycles. The number of hydrogen-bond donors (Lipinski definition) is 1. The SMILES string of the molecule is C=C(CC)CC(=O)CC1(CN)CCCCC1. The lowest BCUT2D eigenvalue weighted by atomic mass is 9.70. The van der Waals surface area contributed by atoms with E-state index < -0.39 is 0 Å². The van der Waals surface area contributed by atoms with Gasteiger partial charge >= 0.3 is 0 Å². The molecule has 16 heavy (non-hydrogen) atoms. The monoisotopic (exact) mass is 223 g/mol. The highest BCUT2D eigenvalue weighted by Crippen LogP contribution is 2.38. The second kappa shape index (κ2) is 6.19. The second-order valence-electron chi connectivity index (χ2n) is 5.26. The van der Waals surface area contributed by atoms with E-state index in [0.29, 0.717) is 25.2 Å². The summed E-state index contributed by atoms with van der Waals surface area (Å²) in [6, 6.07) is 0. The molecular formula is C14H25NO. The molecule has 1 saturated carbocycles. The highest BCUT2D eigenvalue weighted by atomic mass is 16.1. The Kier molecular flexibility index (Phi) is 5.20. The van der Waals surface area contributed by atoms with Gasteiger partial charge in [-0.3, -0.25) is 4.79 Å². The summed E-state index contributed by atoms with van der Waals surface area (Å²) >= 11 is 0. The average Bonchev–Trinajstić information content (AvgIpc) is 2.29. The maximum atomic E-state index is 11.9. The van der Waals surface area contributed by atoms with Gasteiger partial charge in [0.15, 0.2) is 0 Å². The zero-order chi connectivity index (χ0) is 12.0. The molecule has 0 amide bonds. The predicted octanol–water partition coefficient (Wildman–Crippen LogP) is 3.21. The average molecular weight is 223 g/mol. The van der Waals surface area contributed by atoms with Crippen LogP contribution in [0.4, 0.5) is 0 Å². The van der Waals surface area contributed by atoms with Crippen molar-refractivity contribution >= 4 is 5.78 Å². The first-order valence-electron chi connectivity index (χ1n) is 6.50. The molecule has 1 fully saturated rings. The third-order valence-corrected chi connectivity index (χ3v) is 3.87. The van der Waals surface area contributed by atoms with Crippen molar-refractivity contribution in [3.8, 4) is 0 Å². The lowest BCUT2D eigenvalue weighted by Gasteiger charge is -2.35. The van der Waals surface area contributed by atoms with E-state index in [4.69, 9.17) is 5.73 Å². The summed E-state index contributed by atoms with van der Waals surface area (Å²) in [6.07, 6.45) is 8.17. The van der Waals surface area contributed by atoms with Gasteiger partial charge in [-0.1, -0.05) is 38.3 Å². The van der Waals surface area contributed by atoms with Crippen molar-refractivity contribution in [3.05, 3.63) is 12.2 Å². The molecule has 0 radical (unpaired) electrons. The summed E-state index contributed by atoms with van der Waals surface area (Å²) in [4.78, 5) is 11.9. The van der Waals surface area contributed by atoms with E-state index in [-0.39, 0.29) is 5.41 Å². The number of rotatable bonds is 6. The maximum Gasteiger partial charge on any atom is 0.137 e. The first kappa shape index (κ1) is 13.4. The van der Waals surface area contributed by atoms with Crippen LogP contribution in [0.5, 0.6) is 0 Å². The van der Waals surface area contributed by atoms with E-state index in [1.165, 1.54) is 19.3 Å². The van der Waals surface area contributed by atoms with Gasteiger partial charge in [-0.25, -0.2) is 0 Å². The smallest absolute Gasteiger partial charge is 0.137 e. The zero-order valence-corrected chi connectivity index (χ0v) is 10.6. The lowest BCUT2D eigenvalue weighted by molar-refractivity contribution is -0.121. The third-order valence-electron chi connectivity index (χ3n) is 3.87. The standard InChI is InChI=1S/C14H25NO/c1-3-12(2)9-13(16)10-14(11-15)7-5-4-6-8-14/h2-11,15H2,1H3. The maximum absolute atomic E-state index is 11.9. The Hall–Kier alpha value is -0.630. The van der Waals surface area contributed by atoms with Crippen molar-refractivity contribution < 1.29 is 4.79 Å². The molecule has 0 aromatic rings. The van der Waals surface area contributed by atoms with Crippen LogP contribution < -0.4 is 5.73 Å². The van der Waals surface area contributed by atoms with E-state index in [1.54, 1.807) is 0 Å². The van der Waals surface area contributed by atoms with E-state index >= 15 is 0 Å². The van der Waals surface area contributed by atoms with E-state index in [9.17, 15) is 4.79 Å². The number of hydrogen-bond acceptors (Lipinski definition) is 2. The molecule has 1 aliphatic carbocycles. The molecule has 0 bridgehead atoms. The first-order chi connectivity index (χ1) is 7.62. The quantitative estimate of drug-likeness (QED) is 0.703. The van der Waals surface area contributed by atoms with Gasteiger partial charge in [-0.05, 0) is 31.2 Å². The molecule has 0 atom stereocenters. The summed E-state index contributed by atoms with van der Waals surface area (Å²) in [6.45, 7) is 6.62. The minimum absolute atomic E-state index is 0.114. The topological polar surface area (TPSA) is 43.1 Å². The highest BCUT2D eigenvalue weighted by Gasteiger charge is 2.32. The van der Waals surface area contributed by atoms with Crippen LogP contribution in [0, 0.1) is 5.41 Å². The van der Waals surface area contributed by atoms with Gasteiger partial charge in [0.1, 0.15) is 5.78 Å². The summed E-state index contributed by atoms with van der Waals surface area (Å²) in [5.41, 5.74) is 7.04. The molecule has 0 spiro atoms. The largest absolute Gasteiger partial charge is 0.330 e. The van der Waals surface area contributed by atoms with Gasteiger partial charge in [0, 0.05) is 12.8 Å². The van der Waals surface area contributed by atoms with Crippen molar-refractivity contribution in [1.29, 1.82) is 0 Å². The fourth-order valence-corrected chi connectivity index (χ4v) is 2.64. The van der Waals surface area contributed by atoms with Crippen molar-refractivity contribution in [2.45, 2.75) is 58.3 Å². The molecule has 0 aliphatic heterocycles. The molecule has 0 heterocycles. The Morgan fingerprint density at radius 3 is 2.44 bits per heavy atom. The first-order valence-corrected chi connectivity index (χ1v) is 6.50. The number of carbonyl (C=O) groups is 1. The molecule has 0 unspecified atom stereocenters. The molecule has 0 saturated heterocycles. The molecule has 2 N–H and O–H groups in total. The van der Waals surface area contributed by atoms with Gasteiger partial charge in [0.25, 0.3) is 0 Å². The zero-order valence-electron chi connectivity index (χ0n) is 10.6. The molecule has 2 heteroatoms. The van der Waals surface area contributed by atoms with E-state index in [2.05, 4.69) is 13.5 Å². The van der Waals surface area contributed by atoms with Crippen molar-refractivity contribution in [3.63, 3.8) is 0 Å². The van der Waals surface area contributed by atoms with E-state index in [0.717, 1.165) is 24.8 Å². The Morgan fingerprint density at radius 1 is 1.31 bits per heavy atom. The normalized spacial score (nSPS) is 19.4. The summed E-state index contributed by atoms with van der Waals surface area (Å²) in [5, 5.41) is 0. The Bertz CT molecular complexity index is 251. The van der Waals surface area contributed by atoms with Gasteiger partial charge in [-0.15, -0.1) is 0 Å². The van der Waals surface area contributed by atoms with Crippen LogP contribution in [0.3, 0.4) is 0 Å². The van der Waals surface area contributed by atoms with Crippen LogP contribution >= 0.6 is 0 Å². The van der Waals surface area contributed by atoms with Gasteiger partial charge in [-0.2, -0.15) is 0 Å². The van der Waals surface area contributed by atoms with Gasteiger partial charge < -0.3 is 5.73 Å². The summed E-state index contributed by atoms with van der Waals surface area (Å²) in [5.74, 6) is 0.333. The van der Waals surface area contributed by atoms with Crippen LogP contribution in [-0.2, 0) is 4.79 Å². The third kappa shape index (κ3) is 3.75. The number of ketones is 1. The minimum Gasteiger partial charge on any atom is -0.330 e. The fourth-order valence-electron chi connectivity index (χ4n) is 2.64. The number of carbonyl (C=O) groups excluding carboxylic acids is 1. The van der Waals surface area contributed by atoms with Crippen molar-refractivity contribution in [1.82, 2.24) is 0 Å². The predicted molar refractivity (Wildman–Crippen MR) is 68.2 cm³/mol. The molecule has 1 rings (SSSR count). The van der Waals surface area contributed by atoms with E-state index in [1.807, 2.05) is 0 Å². The van der Waals surface area contributed by atoms with Crippen LogP contribution in [0.1, 0.15) is 58.3 Å². The lowest BCUT2D eigenvalue weighted by Crippen LogP contribution is -2.35. The van der Waals surface area contributed by atoms with Crippen LogP contribution in [-0.4, -0.2) is 12.3 Å². The van der Waals surface area contributed by atoms with Crippen LogP contribution in [0.2, 0.25) is 0 Å². The van der Waals surface area contributed by atoms with Crippen LogP contribution in [0.15, 0.2) is 12.2 Å². The number of allylic oxidation sites excluding steroid dienone is 1. The Labute approximate surface area is 99.3 Å². The molecule has 1 aliphatic rings. The van der Waals surface area contributed by atoms with Gasteiger partial charge in [0.2, 0.25) is 0 Å². The van der Waals surface area contributed by atoms with Crippen LogP contribution in [0.25, 0.3) is 0 Å². The minimum atomic E-state index is 0.114. The van der Waals surface area contributed by atoms with Crippen molar-refractivity contribution in [2.75, 3.05) is 6.54 Å². The Balaban J connectivity index is 2.48. The highest BCUT2D eigenvalue weighted by molar-refractivity contribution is 5.81. The Morgan fingerprint density at radius 2 is 1.94 bits per heavy atom. The van der Waals surface area contributed by atoms with Crippen molar-refractivity contribution in [2.24, 2.45) is 11.1 Å². The summed E-state index contributed by atoms with van der Waals surface area (Å²) < 4.78 is 0. The number of Topliss-reactive ketones (excluding diaryl/α,β-unsaturated/α-hetero) is 1. The molecular weight excluding hydrogens is 198 g/mol. The number of nitrogens with two attached hydrogens (primary N) is 1. The fraction of sp³-hybridized carbons (Fsp3) is 0.786. The van der Waals surface area contributed by atoms with Gasteiger partial charge in [0.05, 0.1) is 0 Å². The second-order valence-corrected chi connectivity index (χ2v) is 5.26. The molecule has 0 aromatic carbocycles. The molecule has 2 nitrogen and oxygen atoms in total. The molecule has 92 valence electrons.